The molecule has 0 saturated heterocycles. The molecular formula is C17H19Br2NO. The SMILES string of the molecule is CCC(N)Cc1cccc(Br)c1OCc1ccc(Br)cc1. The second-order valence-corrected chi connectivity index (χ2v) is 6.79. The summed E-state index contributed by atoms with van der Waals surface area (Å²) in [4.78, 5) is 0. The van der Waals surface area contributed by atoms with Crippen LogP contribution in [0.25, 0.3) is 0 Å². The minimum Gasteiger partial charge on any atom is -0.487 e. The maximum absolute atomic E-state index is 6.07. The third-order valence-corrected chi connectivity index (χ3v) is 4.50. The number of hydrogen-bond donors (Lipinski definition) is 1. The Morgan fingerprint density at radius 1 is 1.10 bits per heavy atom. The molecule has 0 radical (unpaired) electrons. The normalized spacial score (nSPS) is 12.2. The number of hydrogen-bond acceptors (Lipinski definition) is 2. The Bertz CT molecular complexity index is 584. The van der Waals surface area contributed by atoms with E-state index in [1.165, 1.54) is 0 Å². The van der Waals surface area contributed by atoms with Crippen molar-refractivity contribution in [2.24, 2.45) is 5.73 Å². The minimum absolute atomic E-state index is 0.161. The predicted molar refractivity (Wildman–Crippen MR) is 94.6 cm³/mol. The van der Waals surface area contributed by atoms with Gasteiger partial charge in [-0.15, -0.1) is 0 Å². The van der Waals surface area contributed by atoms with Gasteiger partial charge < -0.3 is 10.5 Å². The highest BCUT2D eigenvalue weighted by Gasteiger charge is 2.11. The third kappa shape index (κ3) is 4.83. The number of nitrogens with two attached hydrogens (primary N) is 1. The van der Waals surface area contributed by atoms with Crippen LogP contribution in [0.15, 0.2) is 51.4 Å². The molecule has 0 aliphatic heterocycles. The lowest BCUT2D eigenvalue weighted by Crippen LogP contribution is -2.21. The molecule has 2 N–H and O–H groups in total. The molecule has 0 amide bonds. The maximum Gasteiger partial charge on any atom is 0.137 e. The van der Waals surface area contributed by atoms with E-state index in [0.29, 0.717) is 6.61 Å². The van der Waals surface area contributed by atoms with Gasteiger partial charge in [-0.25, -0.2) is 0 Å². The van der Waals surface area contributed by atoms with E-state index >= 15 is 0 Å². The first kappa shape index (κ1) is 16.5. The summed E-state index contributed by atoms with van der Waals surface area (Å²) < 4.78 is 8.07. The summed E-state index contributed by atoms with van der Waals surface area (Å²) in [6, 6.07) is 14.4. The minimum atomic E-state index is 0.161. The first-order chi connectivity index (χ1) is 10.1. The molecule has 1 atom stereocenters. The number of benzene rings is 2. The predicted octanol–water partition coefficient (Wildman–Crippen LogP) is 5.07. The van der Waals surface area contributed by atoms with Crippen LogP contribution in [-0.2, 0) is 13.0 Å². The second kappa shape index (κ2) is 7.97. The average molecular weight is 413 g/mol. The van der Waals surface area contributed by atoms with E-state index < -0.39 is 0 Å². The Morgan fingerprint density at radius 3 is 2.48 bits per heavy atom. The van der Waals surface area contributed by atoms with Gasteiger partial charge in [0.05, 0.1) is 4.47 Å². The lowest BCUT2D eigenvalue weighted by atomic mass is 10.0. The molecule has 2 rings (SSSR count). The largest absolute Gasteiger partial charge is 0.487 e. The topological polar surface area (TPSA) is 35.2 Å². The van der Waals surface area contributed by atoms with Gasteiger partial charge in [0.25, 0.3) is 0 Å². The molecule has 0 aromatic heterocycles. The number of rotatable bonds is 6. The molecule has 112 valence electrons. The lowest BCUT2D eigenvalue weighted by Gasteiger charge is -2.16. The van der Waals surface area contributed by atoms with Crippen LogP contribution in [0.5, 0.6) is 5.75 Å². The van der Waals surface area contributed by atoms with Gasteiger partial charge in [0, 0.05) is 10.5 Å². The Kier molecular flexibility index (Phi) is 6.27. The maximum atomic E-state index is 6.07. The zero-order valence-corrected chi connectivity index (χ0v) is 15.2. The van der Waals surface area contributed by atoms with Crippen molar-refractivity contribution in [1.82, 2.24) is 0 Å². The fourth-order valence-electron chi connectivity index (χ4n) is 2.04. The molecule has 2 aromatic carbocycles. The quantitative estimate of drug-likeness (QED) is 0.718. The molecule has 0 saturated carbocycles. The van der Waals surface area contributed by atoms with E-state index in [1.807, 2.05) is 24.3 Å². The first-order valence-corrected chi connectivity index (χ1v) is 8.59. The summed E-state index contributed by atoms with van der Waals surface area (Å²) >= 11 is 7.01. The van der Waals surface area contributed by atoms with Gasteiger partial charge in [0.15, 0.2) is 0 Å². The van der Waals surface area contributed by atoms with Gasteiger partial charge in [-0.3, -0.25) is 0 Å². The van der Waals surface area contributed by atoms with E-state index in [2.05, 4.69) is 57.0 Å². The molecule has 2 nitrogen and oxygen atoms in total. The van der Waals surface area contributed by atoms with Crippen LogP contribution >= 0.6 is 31.9 Å². The van der Waals surface area contributed by atoms with Gasteiger partial charge in [0.2, 0.25) is 0 Å². The molecule has 1 unspecified atom stereocenters. The Morgan fingerprint density at radius 2 is 1.81 bits per heavy atom. The Labute approximate surface area is 143 Å². The van der Waals surface area contributed by atoms with E-state index in [-0.39, 0.29) is 6.04 Å². The zero-order valence-electron chi connectivity index (χ0n) is 12.0. The van der Waals surface area contributed by atoms with Gasteiger partial charge >= 0.3 is 0 Å². The highest BCUT2D eigenvalue weighted by atomic mass is 79.9. The number of para-hydroxylation sites is 1. The van der Waals surface area contributed by atoms with Crippen molar-refractivity contribution in [3.8, 4) is 5.75 Å². The highest BCUT2D eigenvalue weighted by Crippen LogP contribution is 2.31. The van der Waals surface area contributed by atoms with Crippen LogP contribution in [-0.4, -0.2) is 6.04 Å². The summed E-state index contributed by atoms with van der Waals surface area (Å²) in [5.41, 5.74) is 8.36. The molecule has 0 spiro atoms. The van der Waals surface area contributed by atoms with Gasteiger partial charge in [-0.05, 0) is 58.1 Å². The van der Waals surface area contributed by atoms with E-state index in [1.54, 1.807) is 0 Å². The van der Waals surface area contributed by atoms with Crippen LogP contribution in [0.1, 0.15) is 24.5 Å². The van der Waals surface area contributed by atoms with Crippen molar-refractivity contribution in [3.05, 3.63) is 62.5 Å². The molecule has 4 heteroatoms. The van der Waals surface area contributed by atoms with Crippen molar-refractivity contribution >= 4 is 31.9 Å². The molecule has 0 fully saturated rings. The monoisotopic (exact) mass is 411 g/mol. The molecule has 0 aliphatic rings. The fourth-order valence-corrected chi connectivity index (χ4v) is 2.82. The van der Waals surface area contributed by atoms with Crippen LogP contribution < -0.4 is 10.5 Å². The Hall–Kier alpha value is -0.840. The lowest BCUT2D eigenvalue weighted by molar-refractivity contribution is 0.300. The average Bonchev–Trinajstić information content (AvgIpc) is 2.48. The molecule has 0 heterocycles. The van der Waals surface area contributed by atoms with Crippen molar-refractivity contribution in [1.29, 1.82) is 0 Å². The first-order valence-electron chi connectivity index (χ1n) is 7.00. The van der Waals surface area contributed by atoms with E-state index in [9.17, 15) is 0 Å². The third-order valence-electron chi connectivity index (χ3n) is 3.35. The summed E-state index contributed by atoms with van der Waals surface area (Å²) in [5, 5.41) is 0. The van der Waals surface area contributed by atoms with Crippen molar-refractivity contribution in [3.63, 3.8) is 0 Å². The molecule has 21 heavy (non-hydrogen) atoms. The summed E-state index contributed by atoms with van der Waals surface area (Å²) in [6.07, 6.45) is 1.78. The summed E-state index contributed by atoms with van der Waals surface area (Å²) in [5.74, 6) is 0.893. The van der Waals surface area contributed by atoms with Crippen molar-refractivity contribution < 1.29 is 4.74 Å². The number of ether oxygens (including phenoxy) is 1. The molecular weight excluding hydrogens is 394 g/mol. The van der Waals surface area contributed by atoms with Gasteiger partial charge in [-0.1, -0.05) is 47.1 Å². The molecule has 2 aromatic rings. The van der Waals surface area contributed by atoms with Crippen molar-refractivity contribution in [2.75, 3.05) is 0 Å². The van der Waals surface area contributed by atoms with Crippen LogP contribution in [0.3, 0.4) is 0 Å². The zero-order chi connectivity index (χ0) is 15.2. The summed E-state index contributed by atoms with van der Waals surface area (Å²) in [7, 11) is 0. The molecule has 0 aliphatic carbocycles. The van der Waals surface area contributed by atoms with Crippen LogP contribution in [0, 0.1) is 0 Å². The summed E-state index contributed by atoms with van der Waals surface area (Å²) in [6.45, 7) is 2.65. The van der Waals surface area contributed by atoms with Crippen LogP contribution in [0.2, 0.25) is 0 Å². The second-order valence-electron chi connectivity index (χ2n) is 5.02. The van der Waals surface area contributed by atoms with Gasteiger partial charge in [0.1, 0.15) is 12.4 Å². The van der Waals surface area contributed by atoms with E-state index in [4.69, 9.17) is 10.5 Å². The van der Waals surface area contributed by atoms with Gasteiger partial charge in [-0.2, -0.15) is 0 Å². The van der Waals surface area contributed by atoms with E-state index in [0.717, 1.165) is 38.7 Å². The van der Waals surface area contributed by atoms with Crippen LogP contribution in [0.4, 0.5) is 0 Å². The Balaban J connectivity index is 2.12. The van der Waals surface area contributed by atoms with Crippen molar-refractivity contribution in [2.45, 2.75) is 32.4 Å². The number of halogens is 2. The smallest absolute Gasteiger partial charge is 0.137 e. The molecule has 0 bridgehead atoms. The fraction of sp³-hybridized carbons (Fsp3) is 0.294. The standard InChI is InChI=1S/C17H19Br2NO/c1-2-15(20)10-13-4-3-5-16(19)17(13)21-11-12-6-8-14(18)9-7-12/h3-9,15H,2,10-11,20H2,1H3. The highest BCUT2D eigenvalue weighted by molar-refractivity contribution is 9.10.